The summed E-state index contributed by atoms with van der Waals surface area (Å²) in [6, 6.07) is 0. The van der Waals surface area contributed by atoms with Crippen molar-refractivity contribution in [1.82, 2.24) is 10.2 Å². The molecule has 86 valence electrons. The van der Waals surface area contributed by atoms with Crippen LogP contribution in [0.1, 0.15) is 6.92 Å². The van der Waals surface area contributed by atoms with Gasteiger partial charge >= 0.3 is 0 Å². The monoisotopic (exact) mass is 214 g/mol. The molecule has 2 aliphatic heterocycles. The highest BCUT2D eigenvalue weighted by Gasteiger charge is 2.32. The molecule has 2 rings (SSSR count). The van der Waals surface area contributed by atoms with Crippen LogP contribution in [0.5, 0.6) is 0 Å². The van der Waals surface area contributed by atoms with Crippen LogP contribution in [-0.2, 0) is 14.3 Å². The molecule has 0 unspecified atom stereocenters. The van der Waals surface area contributed by atoms with Gasteiger partial charge in [-0.15, -0.1) is 0 Å². The van der Waals surface area contributed by atoms with Gasteiger partial charge < -0.3 is 19.7 Å². The Morgan fingerprint density at radius 1 is 1.60 bits per heavy atom. The first kappa shape index (κ1) is 10.9. The van der Waals surface area contributed by atoms with E-state index in [1.807, 2.05) is 11.8 Å². The van der Waals surface area contributed by atoms with E-state index in [1.54, 1.807) is 0 Å². The van der Waals surface area contributed by atoms with Gasteiger partial charge in [0.25, 0.3) is 0 Å². The number of rotatable bonds is 3. The predicted octanol–water partition coefficient (Wildman–Crippen LogP) is -0.573. The van der Waals surface area contributed by atoms with Gasteiger partial charge in [-0.05, 0) is 6.92 Å². The third-order valence-corrected chi connectivity index (χ3v) is 2.83. The molecule has 0 spiro atoms. The van der Waals surface area contributed by atoms with Crippen LogP contribution < -0.4 is 5.32 Å². The Hall–Kier alpha value is -0.650. The lowest BCUT2D eigenvalue weighted by Crippen LogP contribution is -2.55. The van der Waals surface area contributed by atoms with E-state index in [1.165, 1.54) is 0 Å². The van der Waals surface area contributed by atoms with E-state index < -0.39 is 0 Å². The van der Waals surface area contributed by atoms with Gasteiger partial charge in [-0.2, -0.15) is 0 Å². The number of nitrogens with one attached hydrogen (secondary N) is 1. The molecule has 5 heteroatoms. The Labute approximate surface area is 89.7 Å². The van der Waals surface area contributed by atoms with Crippen molar-refractivity contribution in [3.05, 3.63) is 0 Å². The van der Waals surface area contributed by atoms with Gasteiger partial charge in [-0.3, -0.25) is 4.79 Å². The van der Waals surface area contributed by atoms with Gasteiger partial charge in [0.1, 0.15) is 0 Å². The van der Waals surface area contributed by atoms with Gasteiger partial charge in [-0.25, -0.2) is 0 Å². The van der Waals surface area contributed by atoms with Crippen molar-refractivity contribution in [2.24, 2.45) is 5.92 Å². The second-order valence-corrected chi connectivity index (χ2v) is 3.90. The highest BCUT2D eigenvalue weighted by Crippen LogP contribution is 2.13. The third-order valence-electron chi connectivity index (χ3n) is 2.83. The number of hydrogen-bond donors (Lipinski definition) is 1. The molecule has 1 amide bonds. The lowest BCUT2D eigenvalue weighted by Gasteiger charge is -2.37. The molecule has 2 fully saturated rings. The fourth-order valence-corrected chi connectivity index (χ4v) is 1.83. The topological polar surface area (TPSA) is 50.8 Å². The van der Waals surface area contributed by atoms with Crippen molar-refractivity contribution < 1.29 is 14.3 Å². The van der Waals surface area contributed by atoms with Gasteiger partial charge in [0.2, 0.25) is 5.91 Å². The maximum atomic E-state index is 11.9. The molecular weight excluding hydrogens is 196 g/mol. The molecule has 0 aromatic rings. The zero-order chi connectivity index (χ0) is 10.7. The second-order valence-electron chi connectivity index (χ2n) is 3.90. The van der Waals surface area contributed by atoms with Crippen LogP contribution >= 0.6 is 0 Å². The fraction of sp³-hybridized carbons (Fsp3) is 0.900. The van der Waals surface area contributed by atoms with Crippen molar-refractivity contribution in [1.29, 1.82) is 0 Å². The summed E-state index contributed by atoms with van der Waals surface area (Å²) in [5.74, 6) is 0.409. The zero-order valence-corrected chi connectivity index (χ0v) is 9.07. The first-order valence-corrected chi connectivity index (χ1v) is 5.54. The Bertz CT molecular complexity index is 229. The highest BCUT2D eigenvalue weighted by molar-refractivity contribution is 5.80. The smallest absolute Gasteiger partial charge is 0.228 e. The van der Waals surface area contributed by atoms with Crippen molar-refractivity contribution in [3.63, 3.8) is 0 Å². The zero-order valence-electron chi connectivity index (χ0n) is 9.07. The minimum atomic E-state index is -0.235. The third kappa shape index (κ3) is 2.48. The molecule has 0 aromatic carbocycles. The SMILES string of the molecule is CCO[C@H]1CN(C(=O)C2CNC2)CCO1. The standard InChI is InChI=1S/C10H18N2O3/c1-2-14-9-7-12(3-4-15-9)10(13)8-5-11-6-8/h8-9,11H,2-7H2,1H3/t9-/m1/s1. The minimum absolute atomic E-state index is 0.172. The molecular formula is C10H18N2O3. The molecule has 1 N–H and O–H groups in total. The molecule has 0 aliphatic carbocycles. The molecule has 0 aromatic heterocycles. The summed E-state index contributed by atoms with van der Waals surface area (Å²) < 4.78 is 10.8. The first-order chi connectivity index (χ1) is 7.31. The molecule has 2 heterocycles. The van der Waals surface area contributed by atoms with E-state index in [2.05, 4.69) is 5.32 Å². The van der Waals surface area contributed by atoms with Crippen LogP contribution in [0.2, 0.25) is 0 Å². The summed E-state index contributed by atoms with van der Waals surface area (Å²) >= 11 is 0. The van der Waals surface area contributed by atoms with Crippen LogP contribution in [0.25, 0.3) is 0 Å². The summed E-state index contributed by atoms with van der Waals surface area (Å²) in [6.45, 7) is 6.03. The molecule has 5 nitrogen and oxygen atoms in total. The van der Waals surface area contributed by atoms with Crippen molar-refractivity contribution in [2.45, 2.75) is 13.2 Å². The van der Waals surface area contributed by atoms with E-state index in [0.717, 1.165) is 13.1 Å². The van der Waals surface area contributed by atoms with Crippen LogP contribution in [-0.4, -0.2) is 56.5 Å². The van der Waals surface area contributed by atoms with E-state index >= 15 is 0 Å². The Morgan fingerprint density at radius 2 is 2.40 bits per heavy atom. The van der Waals surface area contributed by atoms with Crippen molar-refractivity contribution in [3.8, 4) is 0 Å². The normalized spacial score (nSPS) is 27.5. The average Bonchev–Trinajstić information content (AvgIpc) is 2.16. The van der Waals surface area contributed by atoms with Gasteiger partial charge in [0.15, 0.2) is 6.29 Å². The van der Waals surface area contributed by atoms with Gasteiger partial charge in [0, 0.05) is 26.2 Å². The average molecular weight is 214 g/mol. The lowest BCUT2D eigenvalue weighted by molar-refractivity contribution is -0.186. The maximum absolute atomic E-state index is 11.9. The number of amides is 1. The van der Waals surface area contributed by atoms with Gasteiger partial charge in [-0.1, -0.05) is 0 Å². The summed E-state index contributed by atoms with van der Waals surface area (Å²) in [5.41, 5.74) is 0. The number of ether oxygens (including phenoxy) is 2. The predicted molar refractivity (Wildman–Crippen MR) is 54.3 cm³/mol. The fourth-order valence-electron chi connectivity index (χ4n) is 1.83. The summed E-state index contributed by atoms with van der Waals surface area (Å²) in [5, 5.41) is 3.11. The van der Waals surface area contributed by atoms with Crippen LogP contribution in [0.15, 0.2) is 0 Å². The number of hydrogen-bond acceptors (Lipinski definition) is 4. The Morgan fingerprint density at radius 3 is 3.00 bits per heavy atom. The summed E-state index contributed by atoms with van der Waals surface area (Å²) in [7, 11) is 0. The first-order valence-electron chi connectivity index (χ1n) is 5.54. The van der Waals surface area contributed by atoms with Crippen molar-refractivity contribution in [2.75, 3.05) is 39.4 Å². The minimum Gasteiger partial charge on any atom is -0.351 e. The number of nitrogens with zero attached hydrogens (tertiary/aromatic N) is 1. The van der Waals surface area contributed by atoms with E-state index in [4.69, 9.17) is 9.47 Å². The Balaban J connectivity index is 1.83. The number of carbonyl (C=O) groups excluding carboxylic acids is 1. The molecule has 2 saturated heterocycles. The molecule has 0 bridgehead atoms. The molecule has 15 heavy (non-hydrogen) atoms. The number of morpholine rings is 1. The summed E-state index contributed by atoms with van der Waals surface area (Å²) in [4.78, 5) is 13.8. The summed E-state index contributed by atoms with van der Waals surface area (Å²) in [6.07, 6.45) is -0.235. The quantitative estimate of drug-likeness (QED) is 0.683. The molecule has 1 atom stereocenters. The van der Waals surface area contributed by atoms with Gasteiger partial charge in [0.05, 0.1) is 19.1 Å². The second kappa shape index (κ2) is 4.92. The molecule has 2 aliphatic rings. The largest absolute Gasteiger partial charge is 0.351 e. The van der Waals surface area contributed by atoms with E-state index in [-0.39, 0.29) is 18.1 Å². The molecule has 0 radical (unpaired) electrons. The van der Waals surface area contributed by atoms with E-state index in [0.29, 0.717) is 26.3 Å². The lowest BCUT2D eigenvalue weighted by atomic mass is 10.0. The molecule has 0 saturated carbocycles. The highest BCUT2D eigenvalue weighted by atomic mass is 16.7. The van der Waals surface area contributed by atoms with Crippen LogP contribution in [0.3, 0.4) is 0 Å². The van der Waals surface area contributed by atoms with Crippen LogP contribution in [0, 0.1) is 5.92 Å². The van der Waals surface area contributed by atoms with Crippen molar-refractivity contribution >= 4 is 5.91 Å². The van der Waals surface area contributed by atoms with E-state index in [9.17, 15) is 4.79 Å². The maximum Gasteiger partial charge on any atom is 0.228 e. The number of carbonyl (C=O) groups is 1. The van der Waals surface area contributed by atoms with Crippen LogP contribution in [0.4, 0.5) is 0 Å². The Kier molecular flexibility index (Phi) is 3.56.